The number of piperazine rings is 1. The summed E-state index contributed by atoms with van der Waals surface area (Å²) in [7, 11) is 0. The number of aromatic nitrogens is 1. The third kappa shape index (κ3) is 5.96. The van der Waals surface area contributed by atoms with Gasteiger partial charge in [0.1, 0.15) is 5.82 Å². The summed E-state index contributed by atoms with van der Waals surface area (Å²) in [6, 6.07) is 10.2. The van der Waals surface area contributed by atoms with Crippen LogP contribution >= 0.6 is 0 Å². The van der Waals surface area contributed by atoms with Gasteiger partial charge in [-0.05, 0) is 49.2 Å². The molecule has 0 spiro atoms. The van der Waals surface area contributed by atoms with Crippen LogP contribution in [0.4, 0.5) is 4.39 Å². The van der Waals surface area contributed by atoms with Gasteiger partial charge in [-0.2, -0.15) is 0 Å². The fraction of sp³-hybridized carbons (Fsp3) is 0.409. The lowest BCUT2D eigenvalue weighted by Gasteiger charge is -2.34. The van der Waals surface area contributed by atoms with Crippen LogP contribution in [-0.4, -0.2) is 59.2 Å². The van der Waals surface area contributed by atoms with Crippen molar-refractivity contribution in [1.82, 2.24) is 14.8 Å². The van der Waals surface area contributed by atoms with Crippen molar-refractivity contribution >= 4 is 11.7 Å². The number of hydrogen-bond acceptors (Lipinski definition) is 4. The Morgan fingerprint density at radius 1 is 1.04 bits per heavy atom. The van der Waals surface area contributed by atoms with Crippen molar-refractivity contribution in [2.75, 3.05) is 32.7 Å². The van der Waals surface area contributed by atoms with Gasteiger partial charge in [0.2, 0.25) is 5.91 Å². The van der Waals surface area contributed by atoms with E-state index in [1.807, 2.05) is 11.0 Å². The first-order chi connectivity index (χ1) is 13.6. The molecule has 5 nitrogen and oxygen atoms in total. The molecule has 1 aliphatic rings. The topological polar surface area (TPSA) is 53.5 Å². The highest BCUT2D eigenvalue weighted by atomic mass is 19.1. The maximum absolute atomic E-state index is 13.2. The molecule has 0 radical (unpaired) electrons. The maximum Gasteiger partial charge on any atom is 0.223 e. The fourth-order valence-corrected chi connectivity index (χ4v) is 3.47. The molecule has 0 atom stereocenters. The number of ketones is 1. The molecule has 1 amide bonds. The average Bonchev–Trinajstić information content (AvgIpc) is 2.73. The van der Waals surface area contributed by atoms with E-state index in [1.165, 1.54) is 12.3 Å². The van der Waals surface area contributed by atoms with Gasteiger partial charge in [0.25, 0.3) is 0 Å². The van der Waals surface area contributed by atoms with Gasteiger partial charge in [0.05, 0.1) is 0 Å². The maximum atomic E-state index is 13.2. The predicted molar refractivity (Wildman–Crippen MR) is 106 cm³/mol. The van der Waals surface area contributed by atoms with Crippen molar-refractivity contribution in [2.24, 2.45) is 0 Å². The molecule has 1 aromatic heterocycles. The minimum absolute atomic E-state index is 0.0386. The number of carbonyl (C=O) groups is 2. The minimum Gasteiger partial charge on any atom is -0.340 e. The van der Waals surface area contributed by atoms with Crippen molar-refractivity contribution < 1.29 is 14.0 Å². The van der Waals surface area contributed by atoms with Gasteiger partial charge in [-0.25, -0.2) is 4.39 Å². The van der Waals surface area contributed by atoms with Crippen LogP contribution in [0.5, 0.6) is 0 Å². The second kappa shape index (κ2) is 10.1. The van der Waals surface area contributed by atoms with Crippen molar-refractivity contribution in [3.8, 4) is 0 Å². The van der Waals surface area contributed by atoms with Crippen LogP contribution in [0, 0.1) is 5.82 Å². The van der Waals surface area contributed by atoms with Crippen molar-refractivity contribution in [3.63, 3.8) is 0 Å². The summed E-state index contributed by atoms with van der Waals surface area (Å²) in [6.45, 7) is 4.01. The first-order valence-corrected chi connectivity index (χ1v) is 9.79. The van der Waals surface area contributed by atoms with Crippen LogP contribution in [0.15, 0.2) is 48.8 Å². The largest absolute Gasteiger partial charge is 0.340 e. The van der Waals surface area contributed by atoms with E-state index in [1.54, 1.807) is 30.5 Å². The second-order valence-electron chi connectivity index (χ2n) is 7.12. The Labute approximate surface area is 165 Å². The van der Waals surface area contributed by atoms with E-state index in [9.17, 15) is 14.0 Å². The van der Waals surface area contributed by atoms with Gasteiger partial charge in [-0.15, -0.1) is 0 Å². The lowest BCUT2D eigenvalue weighted by Crippen LogP contribution is -2.48. The van der Waals surface area contributed by atoms with E-state index in [2.05, 4.69) is 9.88 Å². The van der Waals surface area contributed by atoms with E-state index in [-0.39, 0.29) is 30.3 Å². The zero-order valence-corrected chi connectivity index (χ0v) is 16.0. The molecule has 0 bridgehead atoms. The Hall–Kier alpha value is -2.60. The van der Waals surface area contributed by atoms with Gasteiger partial charge >= 0.3 is 0 Å². The standard InChI is InChI=1S/C22H26FN3O2/c23-20-7-1-4-18(16-20)5-3-11-25-12-14-26(15-13-25)22(28)9-8-21(27)19-6-2-10-24-17-19/h1-2,4,6-7,10,16-17H,3,5,8-9,11-15H2. The van der Waals surface area contributed by atoms with Crippen molar-refractivity contribution in [1.29, 1.82) is 0 Å². The normalized spacial score (nSPS) is 14.8. The zero-order valence-electron chi connectivity index (χ0n) is 16.0. The molecule has 0 N–H and O–H groups in total. The van der Waals surface area contributed by atoms with Gasteiger partial charge < -0.3 is 4.90 Å². The predicted octanol–water partition coefficient (Wildman–Crippen LogP) is 2.96. The molecule has 1 saturated heterocycles. The number of Topliss-reactive ketones (excluding diaryl/α,β-unsaturated/α-hetero) is 1. The molecular weight excluding hydrogens is 357 g/mol. The SMILES string of the molecule is O=C(CCC(=O)N1CCN(CCCc2cccc(F)c2)CC1)c1cccnc1. The number of pyridine rings is 1. The van der Waals surface area contributed by atoms with E-state index in [0.717, 1.165) is 38.0 Å². The summed E-state index contributed by atoms with van der Waals surface area (Å²) in [5, 5.41) is 0. The highest BCUT2D eigenvalue weighted by Crippen LogP contribution is 2.11. The third-order valence-corrected chi connectivity index (χ3v) is 5.10. The Bertz CT molecular complexity index is 789. The van der Waals surface area contributed by atoms with Crippen molar-refractivity contribution in [3.05, 3.63) is 65.7 Å². The number of hydrogen-bond donors (Lipinski definition) is 0. The van der Waals surface area contributed by atoms with Gasteiger partial charge in [-0.1, -0.05) is 12.1 Å². The summed E-state index contributed by atoms with van der Waals surface area (Å²) in [5.41, 5.74) is 1.57. The van der Waals surface area contributed by atoms with Gasteiger partial charge in [0, 0.05) is 57.0 Å². The Morgan fingerprint density at radius 3 is 2.57 bits per heavy atom. The molecule has 1 aliphatic heterocycles. The van der Waals surface area contributed by atoms with Gasteiger partial charge in [-0.3, -0.25) is 19.5 Å². The molecule has 1 aromatic carbocycles. The zero-order chi connectivity index (χ0) is 19.8. The van der Waals surface area contributed by atoms with Crippen LogP contribution in [0.25, 0.3) is 0 Å². The molecule has 0 aliphatic carbocycles. The number of aryl methyl sites for hydroxylation is 1. The van der Waals surface area contributed by atoms with E-state index >= 15 is 0 Å². The highest BCUT2D eigenvalue weighted by molar-refractivity contribution is 5.97. The smallest absolute Gasteiger partial charge is 0.223 e. The minimum atomic E-state index is -0.188. The number of halogens is 1. The van der Waals surface area contributed by atoms with Crippen LogP contribution in [0.3, 0.4) is 0 Å². The molecule has 148 valence electrons. The molecular formula is C22H26FN3O2. The number of carbonyl (C=O) groups excluding carboxylic acids is 2. The van der Waals surface area contributed by atoms with Gasteiger partial charge in [0.15, 0.2) is 5.78 Å². The highest BCUT2D eigenvalue weighted by Gasteiger charge is 2.21. The molecule has 3 rings (SSSR count). The van der Waals surface area contributed by atoms with E-state index in [0.29, 0.717) is 18.7 Å². The number of amides is 1. The number of nitrogens with zero attached hydrogens (tertiary/aromatic N) is 3. The molecule has 6 heteroatoms. The summed E-state index contributed by atoms with van der Waals surface area (Å²) < 4.78 is 13.2. The summed E-state index contributed by atoms with van der Waals surface area (Å²) in [6.07, 6.45) is 5.45. The first-order valence-electron chi connectivity index (χ1n) is 9.79. The summed E-state index contributed by atoms with van der Waals surface area (Å²) in [5.74, 6) is -0.194. The Kier molecular flexibility index (Phi) is 7.25. The van der Waals surface area contributed by atoms with E-state index < -0.39 is 0 Å². The Morgan fingerprint density at radius 2 is 1.86 bits per heavy atom. The molecule has 0 saturated carbocycles. The number of benzene rings is 1. The summed E-state index contributed by atoms with van der Waals surface area (Å²) in [4.78, 5) is 32.6. The van der Waals surface area contributed by atoms with E-state index in [4.69, 9.17) is 0 Å². The summed E-state index contributed by atoms with van der Waals surface area (Å²) >= 11 is 0. The lowest BCUT2D eigenvalue weighted by atomic mass is 10.1. The second-order valence-corrected chi connectivity index (χ2v) is 7.12. The van der Waals surface area contributed by atoms with Crippen LogP contribution in [0.1, 0.15) is 35.2 Å². The Balaban J connectivity index is 1.34. The average molecular weight is 383 g/mol. The van der Waals surface area contributed by atoms with Crippen LogP contribution in [0.2, 0.25) is 0 Å². The number of rotatable bonds is 8. The third-order valence-electron chi connectivity index (χ3n) is 5.10. The van der Waals surface area contributed by atoms with Crippen LogP contribution in [-0.2, 0) is 11.2 Å². The quantitative estimate of drug-likeness (QED) is 0.658. The van der Waals surface area contributed by atoms with Crippen molar-refractivity contribution in [2.45, 2.75) is 25.7 Å². The molecule has 2 aromatic rings. The molecule has 1 fully saturated rings. The lowest BCUT2D eigenvalue weighted by molar-refractivity contribution is -0.132. The molecule has 2 heterocycles. The first kappa shape index (κ1) is 20.1. The van der Waals surface area contributed by atoms with Crippen LogP contribution < -0.4 is 0 Å². The monoisotopic (exact) mass is 383 g/mol. The molecule has 28 heavy (non-hydrogen) atoms. The fourth-order valence-electron chi connectivity index (χ4n) is 3.47. The molecule has 0 unspecified atom stereocenters.